The van der Waals surface area contributed by atoms with Gasteiger partial charge in [-0.3, -0.25) is 28.8 Å². The van der Waals surface area contributed by atoms with Crippen LogP contribution in [-0.2, 0) is 166 Å². The zero-order valence-corrected chi connectivity index (χ0v) is 63.7. The molecule has 6 aliphatic rings. The summed E-state index contributed by atoms with van der Waals surface area (Å²) in [6.45, 7) is 15.3. The molecule has 0 aliphatic carbocycles. The lowest BCUT2D eigenvalue weighted by molar-refractivity contribution is -0.416. The summed E-state index contributed by atoms with van der Waals surface area (Å²) in [5.41, 5.74) is 4.23. The van der Waals surface area contributed by atoms with Gasteiger partial charge in [0.2, 0.25) is 5.91 Å². The third-order valence-corrected chi connectivity index (χ3v) is 19.2. The van der Waals surface area contributed by atoms with Crippen molar-refractivity contribution in [1.29, 1.82) is 0 Å². The molecule has 110 heavy (non-hydrogen) atoms. The third kappa shape index (κ3) is 22.1. The summed E-state index contributed by atoms with van der Waals surface area (Å²) in [5, 5.41) is 2.91. The molecule has 598 valence electrons. The lowest BCUT2D eigenvalue weighted by atomic mass is 9.93. The standard InChI is InChI=1S/C81H101NO28/c1-45-62(91-39-55-30-20-14-21-31-55)69(107-78-72(94-42-58-36-26-17-27-37-58)68(93-41-57-34-24-16-25-35-57)65(92-40-56-32-22-15-23-33-56)59(105-78)43-90-38-54-28-18-13-19-29-54)73(77(89-12)96-45)109-80-75(71(102-52(8)87)64(47(3)98-80)100-50(6)85)108-76-61(82-48(4)83)67(66-60(104-76)44-95-81(10,11)110-66)106-79-74(103-53(9)88)70(101-51(7)86)63(46(2)97-79)99-49(5)84/h13-37,45-47,59-80H,38-44H2,1-12H3,(H,82,83)/t45-,46-,47-,59+,60+,61+,62-,63-,64-,65+,66+,67+,68-,69+,70+,71+,72+,73+,74+,75+,76-,77+,78+,79-,80-/m0/s1. The molecule has 29 nitrogen and oxygen atoms in total. The van der Waals surface area contributed by atoms with Crippen LogP contribution in [0.25, 0.3) is 0 Å². The molecule has 0 radical (unpaired) electrons. The lowest BCUT2D eigenvalue weighted by Crippen LogP contribution is -2.72. The van der Waals surface area contributed by atoms with Crippen LogP contribution in [0.15, 0.2) is 152 Å². The second-order valence-electron chi connectivity index (χ2n) is 28.3. The minimum atomic E-state index is -1.79. The maximum atomic E-state index is 14.0. The third-order valence-electron chi connectivity index (χ3n) is 19.2. The first-order valence-corrected chi connectivity index (χ1v) is 37.0. The van der Waals surface area contributed by atoms with Gasteiger partial charge < -0.3 is 110 Å². The number of ether oxygens (including phenoxy) is 22. The van der Waals surface area contributed by atoms with E-state index in [-0.39, 0.29) is 46.2 Å². The number of nitrogens with one attached hydrogen (secondary N) is 1. The van der Waals surface area contributed by atoms with Crippen molar-refractivity contribution in [3.05, 3.63) is 179 Å². The largest absolute Gasteiger partial charge is 0.456 e. The Bertz CT molecular complexity index is 3740. The van der Waals surface area contributed by atoms with Gasteiger partial charge >= 0.3 is 29.8 Å². The number of fused-ring (bicyclic) bond motifs is 1. The minimum absolute atomic E-state index is 0.0154. The fraction of sp³-hybridized carbons (Fsp3) is 0.556. The highest BCUT2D eigenvalue weighted by molar-refractivity contribution is 5.73. The maximum Gasteiger partial charge on any atom is 0.303 e. The molecular formula is C81H101NO28. The Morgan fingerprint density at radius 3 is 1.22 bits per heavy atom. The summed E-state index contributed by atoms with van der Waals surface area (Å²) in [7, 11) is 1.41. The average molecular weight is 1540 g/mol. The van der Waals surface area contributed by atoms with Crippen LogP contribution in [0, 0.1) is 0 Å². The van der Waals surface area contributed by atoms with Gasteiger partial charge in [0, 0.05) is 48.7 Å². The molecule has 29 heteroatoms. The summed E-state index contributed by atoms with van der Waals surface area (Å²) in [6, 6.07) is 46.5. The second kappa shape index (κ2) is 39.1. The number of carbonyl (C=O) groups is 6. The van der Waals surface area contributed by atoms with Crippen molar-refractivity contribution in [2.24, 2.45) is 0 Å². The molecule has 6 aliphatic heterocycles. The first-order valence-electron chi connectivity index (χ1n) is 37.0. The Hall–Kier alpha value is -7.76. The molecule has 0 aromatic heterocycles. The number of methoxy groups -OCH3 is 1. The van der Waals surface area contributed by atoms with Crippen molar-refractivity contribution in [2.45, 2.75) is 268 Å². The number of benzene rings is 5. The van der Waals surface area contributed by atoms with Crippen molar-refractivity contribution in [3.63, 3.8) is 0 Å². The quantitative estimate of drug-likeness (QED) is 0.0327. The number of carbonyl (C=O) groups excluding carboxylic acids is 6. The molecular weight excluding hydrogens is 1430 g/mol. The molecule has 1 amide bonds. The lowest BCUT2D eigenvalue weighted by Gasteiger charge is -2.54. The van der Waals surface area contributed by atoms with Crippen molar-refractivity contribution < 1.29 is 133 Å². The van der Waals surface area contributed by atoms with Gasteiger partial charge in [-0.2, -0.15) is 0 Å². The molecule has 11 rings (SSSR count). The normalized spacial score (nSPS) is 33.4. The van der Waals surface area contributed by atoms with Gasteiger partial charge in [-0.05, 0) is 62.4 Å². The molecule has 6 saturated heterocycles. The molecule has 6 heterocycles. The summed E-state index contributed by atoms with van der Waals surface area (Å²) < 4.78 is 147. The molecule has 5 aromatic rings. The fourth-order valence-corrected chi connectivity index (χ4v) is 14.4. The van der Waals surface area contributed by atoms with Gasteiger partial charge in [0.15, 0.2) is 73.9 Å². The van der Waals surface area contributed by atoms with E-state index in [0.29, 0.717) is 0 Å². The number of rotatable bonds is 31. The number of hydrogen-bond donors (Lipinski definition) is 1. The van der Waals surface area contributed by atoms with Crippen LogP contribution in [0.3, 0.4) is 0 Å². The van der Waals surface area contributed by atoms with Gasteiger partial charge in [0.1, 0.15) is 67.1 Å². The van der Waals surface area contributed by atoms with Crippen molar-refractivity contribution >= 4 is 35.8 Å². The number of hydrogen-bond acceptors (Lipinski definition) is 28. The topological polar surface area (TPSA) is 318 Å². The molecule has 6 fully saturated rings. The molecule has 0 spiro atoms. The van der Waals surface area contributed by atoms with Crippen LogP contribution < -0.4 is 5.32 Å². The van der Waals surface area contributed by atoms with Crippen LogP contribution in [0.4, 0.5) is 0 Å². The number of amides is 1. The Kier molecular flexibility index (Phi) is 29.6. The van der Waals surface area contributed by atoms with Crippen molar-refractivity contribution in [2.75, 3.05) is 20.3 Å². The first-order chi connectivity index (χ1) is 52.9. The van der Waals surface area contributed by atoms with Crippen LogP contribution >= 0.6 is 0 Å². The highest BCUT2D eigenvalue weighted by Gasteiger charge is 2.62. The summed E-state index contributed by atoms with van der Waals surface area (Å²) in [6.07, 6.45) is -32.4. The van der Waals surface area contributed by atoms with Crippen LogP contribution in [0.2, 0.25) is 0 Å². The minimum Gasteiger partial charge on any atom is -0.456 e. The maximum absolute atomic E-state index is 14.0. The molecule has 0 saturated carbocycles. The molecule has 1 N–H and O–H groups in total. The summed E-state index contributed by atoms with van der Waals surface area (Å²) in [4.78, 5) is 79.8. The van der Waals surface area contributed by atoms with E-state index in [4.69, 9.17) is 104 Å². The average Bonchev–Trinajstić information content (AvgIpc) is 0.750. The second-order valence-corrected chi connectivity index (χ2v) is 28.3. The Labute approximate surface area is 639 Å². The SMILES string of the molecule is CO[C@@H]1O[C@@H](C)[C@H](OCc2ccccc2)[C@@H](O[C@H]2O[C@H](COCc3ccccc3)[C@@H](OCc3ccccc3)[C@H](OCc3ccccc3)[C@H]2OCc2ccccc2)[C@H]1O[C@@H]1O[C@@H](C)[C@H](OC(C)=O)[C@@H](OC(C)=O)[C@H]1O[C@@H]1O[C@@H]2COC(C)(C)O[C@H]2[C@H](O[C@@H]2O[C@@H](C)[C@H](OC(C)=O)[C@@H](OC(C)=O)[C@H]2OC(C)=O)[C@H]1NC(C)=O. The van der Waals surface area contributed by atoms with Gasteiger partial charge in [0.05, 0.1) is 64.6 Å². The smallest absolute Gasteiger partial charge is 0.303 e. The van der Waals surface area contributed by atoms with Gasteiger partial charge in [-0.1, -0.05) is 152 Å². The van der Waals surface area contributed by atoms with Gasteiger partial charge in [-0.15, -0.1) is 0 Å². The van der Waals surface area contributed by atoms with Gasteiger partial charge in [-0.25, -0.2) is 0 Å². The van der Waals surface area contributed by atoms with Crippen LogP contribution in [0.1, 0.15) is 104 Å². The Morgan fingerprint density at radius 2 is 0.745 bits per heavy atom. The highest BCUT2D eigenvalue weighted by Crippen LogP contribution is 2.43. The van der Waals surface area contributed by atoms with E-state index in [1.165, 1.54) is 21.0 Å². The summed E-state index contributed by atoms with van der Waals surface area (Å²) in [5.74, 6) is -6.14. The van der Waals surface area contributed by atoms with Gasteiger partial charge in [0.25, 0.3) is 0 Å². The van der Waals surface area contributed by atoms with E-state index >= 15 is 0 Å². The van der Waals surface area contributed by atoms with E-state index < -0.39 is 195 Å². The highest BCUT2D eigenvalue weighted by atomic mass is 16.8. The van der Waals surface area contributed by atoms with E-state index in [9.17, 15) is 28.8 Å². The molecule has 5 aromatic carbocycles. The predicted molar refractivity (Wildman–Crippen MR) is 383 cm³/mol. The van der Waals surface area contributed by atoms with Crippen LogP contribution in [0.5, 0.6) is 0 Å². The van der Waals surface area contributed by atoms with Crippen LogP contribution in [-0.4, -0.2) is 215 Å². The van der Waals surface area contributed by atoms with Crippen molar-refractivity contribution in [3.8, 4) is 0 Å². The van der Waals surface area contributed by atoms with E-state index in [2.05, 4.69) is 5.32 Å². The zero-order valence-electron chi connectivity index (χ0n) is 63.7. The monoisotopic (exact) mass is 1540 g/mol. The van der Waals surface area contributed by atoms with E-state index in [1.54, 1.807) is 27.7 Å². The number of esters is 5. The fourth-order valence-electron chi connectivity index (χ4n) is 14.4. The summed E-state index contributed by atoms with van der Waals surface area (Å²) >= 11 is 0. The molecule has 0 unspecified atom stereocenters. The van der Waals surface area contributed by atoms with E-state index in [0.717, 1.165) is 62.4 Å². The predicted octanol–water partition coefficient (Wildman–Crippen LogP) is 7.73. The molecule has 25 atom stereocenters. The Balaban J connectivity index is 1.03. The zero-order chi connectivity index (χ0) is 78.2. The molecule has 0 bridgehead atoms. The van der Waals surface area contributed by atoms with E-state index in [1.807, 2.05) is 152 Å². The Morgan fingerprint density at radius 1 is 0.382 bits per heavy atom. The first kappa shape index (κ1) is 83.2. The van der Waals surface area contributed by atoms with Crippen molar-refractivity contribution in [1.82, 2.24) is 5.32 Å².